The summed E-state index contributed by atoms with van der Waals surface area (Å²) in [5.41, 5.74) is -4.75. The Morgan fingerprint density at radius 1 is 0.825 bits per heavy atom. The van der Waals surface area contributed by atoms with Crippen LogP contribution < -0.4 is 4.90 Å². The van der Waals surface area contributed by atoms with Gasteiger partial charge in [0.1, 0.15) is 0 Å². The Morgan fingerprint density at radius 3 is 1.88 bits per heavy atom. The van der Waals surface area contributed by atoms with E-state index in [2.05, 4.69) is 15.4 Å². The van der Waals surface area contributed by atoms with Crippen LogP contribution in [0.3, 0.4) is 0 Å². The van der Waals surface area contributed by atoms with Crippen LogP contribution in [0.5, 0.6) is 0 Å². The highest BCUT2D eigenvalue weighted by Gasteiger charge is 2.40. The van der Waals surface area contributed by atoms with Crippen molar-refractivity contribution in [3.05, 3.63) is 69.8 Å². The quantitative estimate of drug-likeness (QED) is 0.285. The molecule has 0 aliphatic heterocycles. The minimum Gasteiger partial charge on any atom is -0.374 e. The van der Waals surface area contributed by atoms with Gasteiger partial charge in [-0.05, 0) is 65.1 Å². The lowest BCUT2D eigenvalue weighted by atomic mass is 9.86. The Labute approximate surface area is 222 Å². The van der Waals surface area contributed by atoms with Crippen LogP contribution >= 0.6 is 0 Å². The van der Waals surface area contributed by atoms with Gasteiger partial charge >= 0.3 is 18.5 Å². The molecule has 0 saturated heterocycles. The van der Waals surface area contributed by atoms with Crippen molar-refractivity contribution in [2.45, 2.75) is 62.9 Å². The number of halogens is 9. The summed E-state index contributed by atoms with van der Waals surface area (Å²) in [5, 5.41) is 11.5. The summed E-state index contributed by atoms with van der Waals surface area (Å²) in [6, 6.07) is 4.25. The summed E-state index contributed by atoms with van der Waals surface area (Å²) in [7, 11) is 2.82. The third kappa shape index (κ3) is 6.34. The fraction of sp³-hybridized carbons (Fsp3) is 0.480. The van der Waals surface area contributed by atoms with Gasteiger partial charge in [-0.25, -0.2) is 0 Å². The van der Waals surface area contributed by atoms with Crippen molar-refractivity contribution in [1.82, 2.24) is 20.2 Å². The van der Waals surface area contributed by atoms with Crippen molar-refractivity contribution in [3.63, 3.8) is 0 Å². The molecule has 15 heteroatoms. The molecule has 1 aromatic heterocycles. The maximum Gasteiger partial charge on any atom is 0.416 e. The number of rotatable bonds is 7. The van der Waals surface area contributed by atoms with E-state index < -0.39 is 52.9 Å². The summed E-state index contributed by atoms with van der Waals surface area (Å²) < 4.78 is 128. The maximum absolute atomic E-state index is 13.7. The van der Waals surface area contributed by atoms with Crippen molar-refractivity contribution in [1.29, 1.82) is 0 Å². The number of nitrogens with zero attached hydrogens (tertiary/aromatic N) is 5. The van der Waals surface area contributed by atoms with E-state index in [1.165, 1.54) is 25.1 Å². The SMILES string of the molecule is COC1(c2ccc(C(F)(F)F)cc2CN(Cc2cc(C(F)(F)F)cc(C(F)(F)F)c2)c2nnn(C)n2)CCCC1. The van der Waals surface area contributed by atoms with E-state index >= 15 is 0 Å². The number of benzene rings is 2. The van der Waals surface area contributed by atoms with Gasteiger partial charge in [0.15, 0.2) is 0 Å². The first-order valence-electron chi connectivity index (χ1n) is 12.0. The fourth-order valence-electron chi connectivity index (χ4n) is 5.01. The minimum atomic E-state index is -5.08. The smallest absolute Gasteiger partial charge is 0.374 e. The molecule has 1 fully saturated rings. The second kappa shape index (κ2) is 10.6. The number of alkyl halides is 9. The molecule has 0 atom stereocenters. The third-order valence-corrected chi connectivity index (χ3v) is 6.89. The standard InChI is InChI=1S/C25H24F9N5O/c1-38-36-21(35-37-38)39(13-15-9-18(24(29,30)31)12-19(10-15)25(32,33)34)14-16-11-17(23(26,27)28)5-6-20(16)22(40-2)7-3-4-8-22/h5-6,9-12H,3-4,7-8,13-14H2,1-2H3. The first-order chi connectivity index (χ1) is 18.5. The first-order valence-corrected chi connectivity index (χ1v) is 12.0. The lowest BCUT2D eigenvalue weighted by Crippen LogP contribution is -2.30. The second-order valence-corrected chi connectivity index (χ2v) is 9.62. The number of hydrogen-bond acceptors (Lipinski definition) is 5. The summed E-state index contributed by atoms with van der Waals surface area (Å²) in [6.45, 7) is -0.970. The molecule has 1 heterocycles. The van der Waals surface area contributed by atoms with Crippen molar-refractivity contribution in [3.8, 4) is 0 Å². The van der Waals surface area contributed by atoms with Gasteiger partial charge in [-0.3, -0.25) is 0 Å². The first kappa shape index (κ1) is 29.6. The molecule has 0 N–H and O–H groups in total. The number of hydrogen-bond donors (Lipinski definition) is 0. The molecule has 1 aliphatic carbocycles. The van der Waals surface area contributed by atoms with E-state index in [9.17, 15) is 39.5 Å². The molecule has 0 unspecified atom stereocenters. The topological polar surface area (TPSA) is 56.1 Å². The zero-order chi connectivity index (χ0) is 29.5. The maximum atomic E-state index is 13.7. The molecule has 0 spiro atoms. The Hall–Kier alpha value is -3.36. The Balaban J connectivity index is 1.83. The summed E-state index contributed by atoms with van der Waals surface area (Å²) in [5.74, 6) is -0.199. The van der Waals surface area contributed by atoms with Gasteiger partial charge in [-0.1, -0.05) is 24.0 Å². The number of aromatic nitrogens is 4. The zero-order valence-corrected chi connectivity index (χ0v) is 21.3. The van der Waals surface area contributed by atoms with E-state index in [-0.39, 0.29) is 24.1 Å². The van der Waals surface area contributed by atoms with Crippen molar-refractivity contribution >= 4 is 5.95 Å². The molecule has 6 nitrogen and oxygen atoms in total. The van der Waals surface area contributed by atoms with E-state index in [0.29, 0.717) is 30.5 Å². The van der Waals surface area contributed by atoms with Crippen LogP contribution in [0.1, 0.15) is 59.1 Å². The molecule has 4 rings (SSSR count). The third-order valence-electron chi connectivity index (χ3n) is 6.89. The van der Waals surface area contributed by atoms with Crippen molar-refractivity contribution < 1.29 is 44.3 Å². The van der Waals surface area contributed by atoms with E-state index in [4.69, 9.17) is 4.74 Å². The van der Waals surface area contributed by atoms with Crippen LogP contribution in [0, 0.1) is 0 Å². The molecule has 2 aromatic carbocycles. The van der Waals surface area contributed by atoms with Gasteiger partial charge < -0.3 is 9.64 Å². The lowest BCUT2D eigenvalue weighted by molar-refractivity contribution is -0.143. The Bertz CT molecular complexity index is 1310. The summed E-state index contributed by atoms with van der Waals surface area (Å²) in [4.78, 5) is 2.19. The average Bonchev–Trinajstić information content (AvgIpc) is 3.51. The van der Waals surface area contributed by atoms with Crippen molar-refractivity contribution in [2.75, 3.05) is 12.0 Å². The van der Waals surface area contributed by atoms with Gasteiger partial charge in [0.05, 0.1) is 29.3 Å². The highest BCUT2D eigenvalue weighted by atomic mass is 19.4. The molecule has 1 saturated carbocycles. The molecule has 3 aromatic rings. The second-order valence-electron chi connectivity index (χ2n) is 9.62. The number of ether oxygens (including phenoxy) is 1. The minimum absolute atomic E-state index is 0.00175. The Kier molecular flexibility index (Phi) is 7.82. The summed E-state index contributed by atoms with van der Waals surface area (Å²) in [6.07, 6.45) is -12.3. The van der Waals surface area contributed by atoms with Crippen LogP contribution in [-0.2, 0) is 49.0 Å². The molecule has 218 valence electrons. The van der Waals surface area contributed by atoms with Crippen LogP contribution in [0.15, 0.2) is 36.4 Å². The largest absolute Gasteiger partial charge is 0.416 e. The molecule has 40 heavy (non-hydrogen) atoms. The normalized spacial score (nSPS) is 16.0. The van der Waals surface area contributed by atoms with Gasteiger partial charge in [0, 0.05) is 20.2 Å². The van der Waals surface area contributed by atoms with E-state index in [0.717, 1.165) is 29.8 Å². The Morgan fingerprint density at radius 2 is 1.40 bits per heavy atom. The molecule has 0 bridgehead atoms. The number of anilines is 1. The van der Waals surface area contributed by atoms with Gasteiger partial charge in [-0.15, -0.1) is 5.10 Å². The lowest BCUT2D eigenvalue weighted by Gasteiger charge is -2.32. The van der Waals surface area contributed by atoms with E-state index in [1.54, 1.807) is 0 Å². The van der Waals surface area contributed by atoms with Crippen LogP contribution in [0.4, 0.5) is 45.5 Å². The highest BCUT2D eigenvalue weighted by molar-refractivity contribution is 5.43. The average molecular weight is 581 g/mol. The number of tetrazole rings is 1. The van der Waals surface area contributed by atoms with Crippen LogP contribution in [0.2, 0.25) is 0 Å². The number of methoxy groups -OCH3 is 1. The number of aryl methyl sites for hydroxylation is 1. The molecule has 0 amide bonds. The molecular weight excluding hydrogens is 557 g/mol. The van der Waals surface area contributed by atoms with Gasteiger partial charge in [0.2, 0.25) is 0 Å². The summed E-state index contributed by atoms with van der Waals surface area (Å²) >= 11 is 0. The van der Waals surface area contributed by atoms with E-state index in [1.807, 2.05) is 0 Å². The predicted molar refractivity (Wildman–Crippen MR) is 124 cm³/mol. The highest BCUT2D eigenvalue weighted by Crippen LogP contribution is 2.45. The van der Waals surface area contributed by atoms with Crippen molar-refractivity contribution in [2.24, 2.45) is 7.05 Å². The fourth-order valence-corrected chi connectivity index (χ4v) is 5.01. The monoisotopic (exact) mass is 581 g/mol. The molecule has 0 radical (unpaired) electrons. The van der Waals surface area contributed by atoms with Gasteiger partial charge in [0.25, 0.3) is 5.95 Å². The zero-order valence-electron chi connectivity index (χ0n) is 21.3. The molecular formula is C25H24F9N5O. The van der Waals surface area contributed by atoms with Crippen LogP contribution in [0.25, 0.3) is 0 Å². The molecule has 1 aliphatic rings. The predicted octanol–water partition coefficient (Wildman–Crippen LogP) is 6.89. The van der Waals surface area contributed by atoms with Gasteiger partial charge in [-0.2, -0.15) is 44.3 Å². The van der Waals surface area contributed by atoms with Crippen LogP contribution in [-0.4, -0.2) is 27.3 Å².